The number of hydrogen-bond acceptors (Lipinski definition) is 4. The highest BCUT2D eigenvalue weighted by Gasteiger charge is 2.21. The van der Waals surface area contributed by atoms with Gasteiger partial charge in [0.15, 0.2) is 0 Å². The zero-order chi connectivity index (χ0) is 17.5. The van der Waals surface area contributed by atoms with Gasteiger partial charge in [-0.25, -0.2) is 4.52 Å². The number of nitrogens with one attached hydrogen (secondary N) is 2. The maximum absolute atomic E-state index is 12.4. The first-order valence-electron chi connectivity index (χ1n) is 8.98. The maximum atomic E-state index is 12.4. The highest BCUT2D eigenvalue weighted by molar-refractivity contribution is 6.03. The largest absolute Gasteiger partial charge is 0.317 e. The standard InChI is InChI=1S/C20H19N5O.ClH/c26-18-12-17(13-7-10-21-11-8-13)25-20(23-18)19-14(4-3-6-16(19)24-25)15-5-1-2-9-22-15;/h1-6,9,12-13,21H,7-8,10-11H2,(H,23,26);1H. The van der Waals surface area contributed by atoms with Crippen molar-refractivity contribution in [3.05, 3.63) is 64.7 Å². The van der Waals surface area contributed by atoms with Gasteiger partial charge in [-0.1, -0.05) is 18.2 Å². The molecule has 7 heteroatoms. The molecular formula is C20H20ClN5O. The zero-order valence-corrected chi connectivity index (χ0v) is 15.5. The van der Waals surface area contributed by atoms with Crippen molar-refractivity contribution >= 4 is 29.0 Å². The van der Waals surface area contributed by atoms with Crippen molar-refractivity contribution in [2.24, 2.45) is 0 Å². The summed E-state index contributed by atoms with van der Waals surface area (Å²) in [5.74, 6) is 0.341. The fraction of sp³-hybridized carbons (Fsp3) is 0.250. The van der Waals surface area contributed by atoms with Gasteiger partial charge in [-0.05, 0) is 44.1 Å². The van der Waals surface area contributed by atoms with Gasteiger partial charge in [0.2, 0.25) is 0 Å². The molecule has 1 aromatic carbocycles. The predicted octanol–water partition coefficient (Wildman–Crippen LogP) is 3.13. The molecule has 1 fully saturated rings. The third-order valence-electron chi connectivity index (χ3n) is 5.16. The van der Waals surface area contributed by atoms with Crippen LogP contribution in [-0.4, -0.2) is 32.7 Å². The first-order valence-corrected chi connectivity index (χ1v) is 8.98. The third kappa shape index (κ3) is 3.01. The highest BCUT2D eigenvalue weighted by atomic mass is 35.5. The second-order valence-electron chi connectivity index (χ2n) is 6.76. The Morgan fingerprint density at radius 1 is 1.07 bits per heavy atom. The topological polar surface area (TPSA) is 75.1 Å². The molecule has 1 aliphatic rings. The van der Waals surface area contributed by atoms with Gasteiger partial charge in [-0.3, -0.25) is 9.78 Å². The molecule has 0 aliphatic carbocycles. The zero-order valence-electron chi connectivity index (χ0n) is 14.7. The lowest BCUT2D eigenvalue weighted by Gasteiger charge is -2.23. The summed E-state index contributed by atoms with van der Waals surface area (Å²) in [6, 6.07) is 13.6. The molecule has 4 heterocycles. The van der Waals surface area contributed by atoms with Gasteiger partial charge in [0.05, 0.1) is 22.3 Å². The molecule has 0 saturated carbocycles. The molecule has 1 saturated heterocycles. The average molecular weight is 382 g/mol. The van der Waals surface area contributed by atoms with Crippen LogP contribution in [0.1, 0.15) is 24.5 Å². The predicted molar refractivity (Wildman–Crippen MR) is 109 cm³/mol. The molecule has 3 aromatic heterocycles. The second-order valence-corrected chi connectivity index (χ2v) is 6.76. The average Bonchev–Trinajstić information content (AvgIpc) is 3.07. The monoisotopic (exact) mass is 381 g/mol. The summed E-state index contributed by atoms with van der Waals surface area (Å²) in [5.41, 5.74) is 4.39. The maximum Gasteiger partial charge on any atom is 0.251 e. The summed E-state index contributed by atoms with van der Waals surface area (Å²) in [5, 5.41) is 9.14. The van der Waals surface area contributed by atoms with Crippen LogP contribution in [0.2, 0.25) is 0 Å². The molecular weight excluding hydrogens is 362 g/mol. The quantitative estimate of drug-likeness (QED) is 0.559. The van der Waals surface area contributed by atoms with Crippen molar-refractivity contribution < 1.29 is 0 Å². The first kappa shape index (κ1) is 17.7. The number of H-pyrrole nitrogens is 1. The Labute approximate surface area is 162 Å². The minimum absolute atomic E-state index is 0. The molecule has 1 aliphatic heterocycles. The first-order chi connectivity index (χ1) is 12.8. The molecule has 0 radical (unpaired) electrons. The van der Waals surface area contributed by atoms with Crippen molar-refractivity contribution in [3.8, 4) is 11.3 Å². The van der Waals surface area contributed by atoms with E-state index in [2.05, 4.69) is 15.3 Å². The van der Waals surface area contributed by atoms with Gasteiger partial charge < -0.3 is 10.3 Å². The van der Waals surface area contributed by atoms with Crippen molar-refractivity contribution in [1.82, 2.24) is 24.9 Å². The lowest BCUT2D eigenvalue weighted by molar-refractivity contribution is 0.446. The summed E-state index contributed by atoms with van der Waals surface area (Å²) in [6.07, 6.45) is 3.81. The Balaban J connectivity index is 0.00000180. The molecule has 0 atom stereocenters. The van der Waals surface area contributed by atoms with E-state index >= 15 is 0 Å². The van der Waals surface area contributed by atoms with Crippen molar-refractivity contribution in [1.29, 1.82) is 0 Å². The van der Waals surface area contributed by atoms with E-state index in [1.165, 1.54) is 0 Å². The summed E-state index contributed by atoms with van der Waals surface area (Å²) < 4.78 is 1.93. The molecule has 0 spiro atoms. The third-order valence-corrected chi connectivity index (χ3v) is 5.16. The van der Waals surface area contributed by atoms with Gasteiger partial charge in [-0.2, -0.15) is 5.10 Å². The number of pyridine rings is 1. The lowest BCUT2D eigenvalue weighted by Crippen LogP contribution is -2.28. The van der Waals surface area contributed by atoms with E-state index < -0.39 is 0 Å². The fourth-order valence-electron chi connectivity index (χ4n) is 3.93. The molecule has 2 N–H and O–H groups in total. The van der Waals surface area contributed by atoms with E-state index in [0.29, 0.717) is 5.92 Å². The summed E-state index contributed by atoms with van der Waals surface area (Å²) >= 11 is 0. The fourth-order valence-corrected chi connectivity index (χ4v) is 3.93. The number of rotatable bonds is 2. The second kappa shape index (κ2) is 7.13. The van der Waals surface area contributed by atoms with E-state index in [1.54, 1.807) is 12.3 Å². The van der Waals surface area contributed by atoms with Crippen molar-refractivity contribution in [2.75, 3.05) is 13.1 Å². The Hall–Kier alpha value is -2.70. The minimum atomic E-state index is -0.0799. The molecule has 138 valence electrons. The number of benzene rings is 1. The Morgan fingerprint density at radius 3 is 2.70 bits per heavy atom. The molecule has 27 heavy (non-hydrogen) atoms. The van der Waals surface area contributed by atoms with Crippen molar-refractivity contribution in [2.45, 2.75) is 18.8 Å². The summed E-state index contributed by atoms with van der Waals surface area (Å²) in [6.45, 7) is 1.94. The molecule has 0 amide bonds. The number of halogens is 1. The van der Waals surface area contributed by atoms with Crippen LogP contribution in [-0.2, 0) is 0 Å². The van der Waals surface area contributed by atoms with E-state index in [9.17, 15) is 4.79 Å². The molecule has 5 rings (SSSR count). The minimum Gasteiger partial charge on any atom is -0.317 e. The summed E-state index contributed by atoms with van der Waals surface area (Å²) in [4.78, 5) is 19.9. The Bertz CT molecular complexity index is 1150. The van der Waals surface area contributed by atoms with Gasteiger partial charge in [-0.15, -0.1) is 12.4 Å². The van der Waals surface area contributed by atoms with Crippen LogP contribution in [0.4, 0.5) is 0 Å². The molecule has 0 bridgehead atoms. The van der Waals surface area contributed by atoms with Gasteiger partial charge in [0.25, 0.3) is 5.56 Å². The Kier molecular flexibility index (Phi) is 4.68. The van der Waals surface area contributed by atoms with Gasteiger partial charge in [0.1, 0.15) is 5.65 Å². The van der Waals surface area contributed by atoms with E-state index in [0.717, 1.165) is 59.4 Å². The number of aromatic amines is 1. The van der Waals surface area contributed by atoms with Crippen LogP contribution in [0.5, 0.6) is 0 Å². The Morgan fingerprint density at radius 2 is 1.93 bits per heavy atom. The van der Waals surface area contributed by atoms with Crippen LogP contribution < -0.4 is 10.9 Å². The van der Waals surface area contributed by atoms with Gasteiger partial charge in [0, 0.05) is 23.7 Å². The number of nitrogens with zero attached hydrogens (tertiary/aromatic N) is 3. The van der Waals surface area contributed by atoms with Crippen LogP contribution in [0.3, 0.4) is 0 Å². The van der Waals surface area contributed by atoms with Crippen LogP contribution in [0.15, 0.2) is 53.5 Å². The van der Waals surface area contributed by atoms with E-state index in [-0.39, 0.29) is 18.0 Å². The van der Waals surface area contributed by atoms with Crippen molar-refractivity contribution in [3.63, 3.8) is 0 Å². The van der Waals surface area contributed by atoms with E-state index in [4.69, 9.17) is 5.10 Å². The number of fused-ring (bicyclic) bond motifs is 3. The summed E-state index contributed by atoms with van der Waals surface area (Å²) in [7, 11) is 0. The number of hydrogen-bond donors (Lipinski definition) is 2. The molecule has 0 unspecified atom stereocenters. The van der Waals surface area contributed by atoms with Crippen LogP contribution in [0, 0.1) is 0 Å². The smallest absolute Gasteiger partial charge is 0.251 e. The highest BCUT2D eigenvalue weighted by Crippen LogP contribution is 2.32. The van der Waals surface area contributed by atoms with Crippen LogP contribution in [0.25, 0.3) is 27.8 Å². The molecule has 4 aromatic rings. The number of aromatic nitrogens is 4. The molecule has 6 nitrogen and oxygen atoms in total. The van der Waals surface area contributed by atoms with Gasteiger partial charge >= 0.3 is 0 Å². The SMILES string of the molecule is Cl.O=c1cc(C2CCNCC2)n2nc3cccc(-c4ccccn4)c3c2[nH]1. The lowest BCUT2D eigenvalue weighted by atomic mass is 9.94. The van der Waals surface area contributed by atoms with E-state index in [1.807, 2.05) is 40.9 Å². The number of piperidine rings is 1. The normalized spacial score (nSPS) is 15.1. The van der Waals surface area contributed by atoms with Crippen LogP contribution >= 0.6 is 12.4 Å².